The predicted molar refractivity (Wildman–Crippen MR) is 99.7 cm³/mol. The summed E-state index contributed by atoms with van der Waals surface area (Å²) in [5.74, 6) is 1.35. The van der Waals surface area contributed by atoms with Crippen molar-refractivity contribution in [3.8, 4) is 11.5 Å². The van der Waals surface area contributed by atoms with Crippen LogP contribution in [0, 0.1) is 5.82 Å². The van der Waals surface area contributed by atoms with Crippen LogP contribution in [0.5, 0.6) is 11.5 Å². The minimum atomic E-state index is -0.237. The molecule has 6 nitrogen and oxygen atoms in total. The molecule has 0 saturated heterocycles. The van der Waals surface area contributed by atoms with E-state index in [1.165, 1.54) is 20.3 Å². The molecule has 4 rings (SSSR count). The highest BCUT2D eigenvalue weighted by atomic mass is 19.1. The molecular weight excluding hydrogens is 349 g/mol. The second-order valence-electron chi connectivity index (χ2n) is 6.58. The summed E-state index contributed by atoms with van der Waals surface area (Å²) in [4.78, 5) is 22.0. The third-order valence-electron chi connectivity index (χ3n) is 4.93. The molecule has 140 valence electrons. The van der Waals surface area contributed by atoms with Crippen LogP contribution < -0.4 is 15.0 Å². The summed E-state index contributed by atoms with van der Waals surface area (Å²) in [6.07, 6.45) is 0.774. The maximum Gasteiger partial charge on any atom is 0.258 e. The minimum absolute atomic E-state index is 0.186. The zero-order valence-electron chi connectivity index (χ0n) is 15.2. The molecule has 0 aliphatic carbocycles. The number of aromatic amines is 1. The molecule has 0 radical (unpaired) electrons. The highest BCUT2D eigenvalue weighted by Gasteiger charge is 2.20. The van der Waals surface area contributed by atoms with Crippen molar-refractivity contribution in [3.63, 3.8) is 0 Å². The van der Waals surface area contributed by atoms with Gasteiger partial charge in [-0.1, -0.05) is 12.1 Å². The Morgan fingerprint density at radius 2 is 2.00 bits per heavy atom. The number of H-pyrrole nitrogens is 1. The lowest BCUT2D eigenvalue weighted by Crippen LogP contribution is -2.32. The first-order valence-electron chi connectivity index (χ1n) is 8.72. The Morgan fingerprint density at radius 3 is 2.78 bits per heavy atom. The first kappa shape index (κ1) is 17.5. The Morgan fingerprint density at radius 1 is 1.22 bits per heavy atom. The van der Waals surface area contributed by atoms with Crippen molar-refractivity contribution in [2.75, 3.05) is 20.8 Å². The molecule has 1 aliphatic rings. The van der Waals surface area contributed by atoms with Gasteiger partial charge in [-0.15, -0.1) is 0 Å². The quantitative estimate of drug-likeness (QED) is 0.766. The van der Waals surface area contributed by atoms with Crippen molar-refractivity contribution in [1.82, 2.24) is 14.9 Å². The lowest BCUT2D eigenvalue weighted by Gasteiger charge is -2.28. The SMILES string of the molecule is COc1cc2nc(CN3CCc4cccc(F)c4C3)[nH]c(=O)c2cc1OC. The van der Waals surface area contributed by atoms with Gasteiger partial charge in [-0.3, -0.25) is 9.69 Å². The number of hydrogen-bond donors (Lipinski definition) is 1. The maximum atomic E-state index is 14.1. The van der Waals surface area contributed by atoms with E-state index in [4.69, 9.17) is 9.47 Å². The van der Waals surface area contributed by atoms with E-state index >= 15 is 0 Å². The molecule has 0 amide bonds. The van der Waals surface area contributed by atoms with E-state index in [1.807, 2.05) is 6.07 Å². The number of methoxy groups -OCH3 is 2. The third kappa shape index (κ3) is 3.26. The summed E-state index contributed by atoms with van der Waals surface area (Å²) in [5, 5.41) is 0.437. The van der Waals surface area contributed by atoms with E-state index in [-0.39, 0.29) is 11.4 Å². The smallest absolute Gasteiger partial charge is 0.258 e. The Hall–Kier alpha value is -2.93. The molecule has 1 aliphatic heterocycles. The van der Waals surface area contributed by atoms with Crippen molar-refractivity contribution in [2.45, 2.75) is 19.5 Å². The Bertz CT molecular complexity index is 1060. The van der Waals surface area contributed by atoms with Crippen LogP contribution in [0.2, 0.25) is 0 Å². The molecule has 1 N–H and O–H groups in total. The van der Waals surface area contributed by atoms with Crippen molar-refractivity contribution >= 4 is 10.9 Å². The standard InChI is InChI=1S/C20H20FN3O3/c1-26-17-8-13-16(9-18(17)27-2)22-19(23-20(13)25)11-24-7-6-12-4-3-5-15(21)14(12)10-24/h3-5,8-9H,6-7,10-11H2,1-2H3,(H,22,23,25). The summed E-state index contributed by atoms with van der Waals surface area (Å²) < 4.78 is 24.6. The highest BCUT2D eigenvalue weighted by molar-refractivity contribution is 5.81. The van der Waals surface area contributed by atoms with Gasteiger partial charge < -0.3 is 14.5 Å². The van der Waals surface area contributed by atoms with E-state index in [0.717, 1.165) is 24.1 Å². The summed E-state index contributed by atoms with van der Waals surface area (Å²) in [7, 11) is 3.06. The van der Waals surface area contributed by atoms with Crippen LogP contribution in [0.1, 0.15) is 17.0 Å². The van der Waals surface area contributed by atoms with Crippen LogP contribution in [0.15, 0.2) is 35.1 Å². The van der Waals surface area contributed by atoms with Crippen LogP contribution in [-0.4, -0.2) is 35.6 Å². The lowest BCUT2D eigenvalue weighted by molar-refractivity contribution is 0.235. The molecule has 0 bridgehead atoms. The van der Waals surface area contributed by atoms with Gasteiger partial charge in [-0.05, 0) is 24.1 Å². The zero-order chi connectivity index (χ0) is 19.0. The zero-order valence-corrected chi connectivity index (χ0v) is 15.2. The molecule has 0 spiro atoms. The third-order valence-corrected chi connectivity index (χ3v) is 4.93. The Labute approximate surface area is 155 Å². The molecule has 0 atom stereocenters. The molecular formula is C20H20FN3O3. The van der Waals surface area contributed by atoms with Gasteiger partial charge in [0.1, 0.15) is 11.6 Å². The number of fused-ring (bicyclic) bond motifs is 2. The Kier molecular flexibility index (Phi) is 4.53. The molecule has 2 aromatic carbocycles. The van der Waals surface area contributed by atoms with Gasteiger partial charge in [-0.25, -0.2) is 9.37 Å². The van der Waals surface area contributed by atoms with Gasteiger partial charge in [0.05, 0.1) is 31.7 Å². The van der Waals surface area contributed by atoms with Gasteiger partial charge in [0.15, 0.2) is 11.5 Å². The fourth-order valence-electron chi connectivity index (χ4n) is 3.53. The predicted octanol–water partition coefficient (Wildman–Crippen LogP) is 2.64. The molecule has 0 fully saturated rings. The molecule has 1 aromatic heterocycles. The highest BCUT2D eigenvalue weighted by Crippen LogP contribution is 2.30. The van der Waals surface area contributed by atoms with E-state index < -0.39 is 0 Å². The van der Waals surface area contributed by atoms with E-state index in [2.05, 4.69) is 14.9 Å². The largest absolute Gasteiger partial charge is 0.493 e. The van der Waals surface area contributed by atoms with Gasteiger partial charge in [0.2, 0.25) is 0 Å². The minimum Gasteiger partial charge on any atom is -0.493 e. The molecule has 2 heterocycles. The van der Waals surface area contributed by atoms with Gasteiger partial charge in [0.25, 0.3) is 5.56 Å². The van der Waals surface area contributed by atoms with E-state index in [0.29, 0.717) is 41.3 Å². The van der Waals surface area contributed by atoms with Gasteiger partial charge in [-0.2, -0.15) is 0 Å². The van der Waals surface area contributed by atoms with Crippen LogP contribution in [0.3, 0.4) is 0 Å². The number of benzene rings is 2. The fraction of sp³-hybridized carbons (Fsp3) is 0.300. The number of ether oxygens (including phenoxy) is 2. The normalized spacial score (nSPS) is 14.2. The van der Waals surface area contributed by atoms with Crippen molar-refractivity contribution in [1.29, 1.82) is 0 Å². The topological polar surface area (TPSA) is 67.5 Å². The summed E-state index contributed by atoms with van der Waals surface area (Å²) >= 11 is 0. The average molecular weight is 369 g/mol. The second kappa shape index (κ2) is 7.00. The second-order valence-corrected chi connectivity index (χ2v) is 6.58. The number of hydrogen-bond acceptors (Lipinski definition) is 5. The van der Waals surface area contributed by atoms with E-state index in [9.17, 15) is 9.18 Å². The molecule has 3 aromatic rings. The molecule has 7 heteroatoms. The number of aromatic nitrogens is 2. The maximum absolute atomic E-state index is 14.1. The Balaban J connectivity index is 1.65. The summed E-state index contributed by atoms with van der Waals surface area (Å²) in [5.41, 5.74) is 2.07. The monoisotopic (exact) mass is 369 g/mol. The number of rotatable bonds is 4. The van der Waals surface area contributed by atoms with Crippen LogP contribution in [0.25, 0.3) is 10.9 Å². The van der Waals surface area contributed by atoms with Gasteiger partial charge >= 0.3 is 0 Å². The number of halogens is 1. The van der Waals surface area contributed by atoms with Crippen LogP contribution in [0.4, 0.5) is 4.39 Å². The first-order valence-corrected chi connectivity index (χ1v) is 8.72. The summed E-state index contributed by atoms with van der Waals surface area (Å²) in [6.45, 7) is 1.72. The average Bonchev–Trinajstić information content (AvgIpc) is 2.67. The van der Waals surface area contributed by atoms with Crippen LogP contribution >= 0.6 is 0 Å². The van der Waals surface area contributed by atoms with E-state index in [1.54, 1.807) is 18.2 Å². The molecule has 0 unspecified atom stereocenters. The fourth-order valence-corrected chi connectivity index (χ4v) is 3.53. The summed E-state index contributed by atoms with van der Waals surface area (Å²) in [6, 6.07) is 8.51. The number of nitrogens with one attached hydrogen (secondary N) is 1. The number of nitrogens with zero attached hydrogens (tertiary/aromatic N) is 2. The van der Waals surface area contributed by atoms with Crippen molar-refractivity contribution < 1.29 is 13.9 Å². The molecule has 27 heavy (non-hydrogen) atoms. The molecule has 0 saturated carbocycles. The van der Waals surface area contributed by atoms with Gasteiger partial charge in [0, 0.05) is 24.7 Å². The lowest BCUT2D eigenvalue weighted by atomic mass is 9.99. The van der Waals surface area contributed by atoms with Crippen molar-refractivity contribution in [2.24, 2.45) is 0 Å². The first-order chi connectivity index (χ1) is 13.1. The van der Waals surface area contributed by atoms with Crippen molar-refractivity contribution in [3.05, 3.63) is 63.5 Å². The van der Waals surface area contributed by atoms with Crippen LogP contribution in [-0.2, 0) is 19.5 Å².